The van der Waals surface area contributed by atoms with Gasteiger partial charge in [-0.1, -0.05) is 12.1 Å². The van der Waals surface area contributed by atoms with E-state index < -0.39 is 21.4 Å². The molecule has 11 heteroatoms. The summed E-state index contributed by atoms with van der Waals surface area (Å²) in [6, 6.07) is 5.40. The van der Waals surface area contributed by atoms with Crippen LogP contribution in [0.15, 0.2) is 29.2 Å². The van der Waals surface area contributed by atoms with Crippen LogP contribution in [0.5, 0.6) is 0 Å². The van der Waals surface area contributed by atoms with Crippen molar-refractivity contribution in [3.8, 4) is 0 Å². The zero-order chi connectivity index (χ0) is 19.7. The van der Waals surface area contributed by atoms with Gasteiger partial charge in [-0.2, -0.15) is 4.31 Å². The van der Waals surface area contributed by atoms with Crippen molar-refractivity contribution in [3.63, 3.8) is 0 Å². The minimum atomic E-state index is -3.97. The molecule has 0 N–H and O–H groups in total. The fourth-order valence-corrected chi connectivity index (χ4v) is 4.93. The first-order chi connectivity index (χ1) is 12.8. The molecule has 1 atom stereocenters. The number of tetrazole rings is 1. The molecule has 0 radical (unpaired) electrons. The van der Waals surface area contributed by atoms with Crippen LogP contribution in [0.4, 0.5) is 4.39 Å². The molecule has 1 aromatic carbocycles. The van der Waals surface area contributed by atoms with E-state index in [9.17, 15) is 12.8 Å². The quantitative estimate of drug-likeness (QED) is 0.663. The van der Waals surface area contributed by atoms with E-state index in [1.165, 1.54) is 22.5 Å². The number of hydrogen-bond donors (Lipinski definition) is 0. The molecule has 1 unspecified atom stereocenters. The minimum Gasteiger partial charge on any atom is -0.383 e. The molecule has 1 saturated heterocycles. The van der Waals surface area contributed by atoms with Crippen LogP contribution >= 0.6 is 0 Å². The second-order valence-corrected chi connectivity index (χ2v) is 8.57. The van der Waals surface area contributed by atoms with Gasteiger partial charge in [-0.15, -0.1) is 5.10 Å². The maximum Gasteiger partial charge on any atom is 0.246 e. The molecule has 0 amide bonds. The Labute approximate surface area is 157 Å². The number of rotatable bonds is 7. The Morgan fingerprint density at radius 3 is 2.74 bits per heavy atom. The predicted octanol–water partition coefficient (Wildman–Crippen LogP) is 0.310. The standard InChI is InChI=1S/C16H23FN6O3S/c1-21(2)16(15-18-19-20-23(15)10-11-26-3)8-9-22(12-16)27(24,25)14-7-5-4-6-13(14)17/h4-7H,8-12H2,1-3H3. The molecule has 1 fully saturated rings. The smallest absolute Gasteiger partial charge is 0.246 e. The number of halogens is 1. The molecule has 1 aromatic heterocycles. The number of aromatic nitrogens is 4. The van der Waals surface area contributed by atoms with Crippen molar-refractivity contribution in [2.24, 2.45) is 0 Å². The van der Waals surface area contributed by atoms with Gasteiger partial charge in [0, 0.05) is 20.2 Å². The van der Waals surface area contributed by atoms with Gasteiger partial charge in [0.05, 0.1) is 18.7 Å². The van der Waals surface area contributed by atoms with Crippen LogP contribution in [0, 0.1) is 5.82 Å². The van der Waals surface area contributed by atoms with E-state index >= 15 is 0 Å². The number of likely N-dealkylation sites (N-methyl/N-ethyl adjacent to an activating group) is 1. The molecule has 1 aliphatic rings. The average Bonchev–Trinajstić information content (AvgIpc) is 3.28. The SMILES string of the molecule is COCCn1nnnc1C1(N(C)C)CCN(S(=O)(=O)c2ccccc2F)C1. The van der Waals surface area contributed by atoms with Gasteiger partial charge in [-0.25, -0.2) is 17.5 Å². The van der Waals surface area contributed by atoms with Gasteiger partial charge in [0.1, 0.15) is 10.7 Å². The van der Waals surface area contributed by atoms with Gasteiger partial charge < -0.3 is 4.74 Å². The van der Waals surface area contributed by atoms with Gasteiger partial charge in [-0.05, 0) is 43.1 Å². The van der Waals surface area contributed by atoms with Gasteiger partial charge in [0.15, 0.2) is 5.82 Å². The Morgan fingerprint density at radius 2 is 2.07 bits per heavy atom. The van der Waals surface area contributed by atoms with Crippen molar-refractivity contribution in [2.75, 3.05) is 40.9 Å². The molecule has 0 aliphatic carbocycles. The first kappa shape index (κ1) is 19.8. The molecule has 2 aromatic rings. The normalized spacial score (nSPS) is 21.2. The number of hydrogen-bond acceptors (Lipinski definition) is 7. The van der Waals surface area contributed by atoms with E-state index in [1.54, 1.807) is 11.8 Å². The molecule has 9 nitrogen and oxygen atoms in total. The fourth-order valence-electron chi connectivity index (χ4n) is 3.37. The largest absolute Gasteiger partial charge is 0.383 e. The van der Waals surface area contributed by atoms with Gasteiger partial charge in [0.25, 0.3) is 0 Å². The van der Waals surface area contributed by atoms with Crippen LogP contribution in [-0.4, -0.2) is 78.7 Å². The summed E-state index contributed by atoms with van der Waals surface area (Å²) in [5.41, 5.74) is -0.713. The lowest BCUT2D eigenvalue weighted by Gasteiger charge is -2.34. The molecule has 0 saturated carbocycles. The molecular weight excluding hydrogens is 375 g/mol. The zero-order valence-corrected chi connectivity index (χ0v) is 16.4. The zero-order valence-electron chi connectivity index (χ0n) is 15.5. The second kappa shape index (κ2) is 7.58. The Balaban J connectivity index is 1.95. The predicted molar refractivity (Wildman–Crippen MR) is 94.8 cm³/mol. The lowest BCUT2D eigenvalue weighted by Crippen LogP contribution is -2.47. The summed E-state index contributed by atoms with van der Waals surface area (Å²) in [6.45, 7) is 1.25. The summed E-state index contributed by atoms with van der Waals surface area (Å²) in [5, 5.41) is 11.9. The lowest BCUT2D eigenvalue weighted by atomic mass is 9.96. The number of methoxy groups -OCH3 is 1. The van der Waals surface area contributed by atoms with Crippen LogP contribution in [-0.2, 0) is 26.8 Å². The Morgan fingerprint density at radius 1 is 1.33 bits per heavy atom. The molecule has 3 rings (SSSR count). The Bertz CT molecular complexity index is 903. The van der Waals surface area contributed by atoms with Crippen LogP contribution in [0.25, 0.3) is 0 Å². The summed E-state index contributed by atoms with van der Waals surface area (Å²) in [5.74, 6) is -0.194. The molecule has 2 heterocycles. The highest BCUT2D eigenvalue weighted by atomic mass is 32.2. The summed E-state index contributed by atoms with van der Waals surface area (Å²) >= 11 is 0. The maximum atomic E-state index is 14.1. The van der Waals surface area contributed by atoms with Gasteiger partial charge >= 0.3 is 0 Å². The van der Waals surface area contributed by atoms with Crippen LogP contribution in [0.3, 0.4) is 0 Å². The van der Waals surface area contributed by atoms with E-state index in [2.05, 4.69) is 15.5 Å². The van der Waals surface area contributed by atoms with Gasteiger partial charge in [0.2, 0.25) is 10.0 Å². The second-order valence-electron chi connectivity index (χ2n) is 6.66. The molecule has 0 spiro atoms. The molecular formula is C16H23FN6O3S. The maximum absolute atomic E-state index is 14.1. The monoisotopic (exact) mass is 398 g/mol. The topological polar surface area (TPSA) is 93.4 Å². The molecule has 148 valence electrons. The summed E-state index contributed by atoms with van der Waals surface area (Å²) < 4.78 is 48.1. The van der Waals surface area contributed by atoms with Crippen LogP contribution in [0.2, 0.25) is 0 Å². The molecule has 1 aliphatic heterocycles. The van der Waals surface area contributed by atoms with E-state index in [-0.39, 0.29) is 18.0 Å². The highest BCUT2D eigenvalue weighted by molar-refractivity contribution is 7.89. The highest BCUT2D eigenvalue weighted by Gasteiger charge is 2.49. The number of sulfonamides is 1. The average molecular weight is 398 g/mol. The molecule has 27 heavy (non-hydrogen) atoms. The van der Waals surface area contributed by atoms with Crippen molar-refractivity contribution < 1.29 is 17.5 Å². The summed E-state index contributed by atoms with van der Waals surface area (Å²) in [6.07, 6.45) is 0.487. The van der Waals surface area contributed by atoms with E-state index in [0.29, 0.717) is 25.4 Å². The fraction of sp³-hybridized carbons (Fsp3) is 0.562. The van der Waals surface area contributed by atoms with E-state index in [1.807, 2.05) is 19.0 Å². The third-order valence-electron chi connectivity index (χ3n) is 4.98. The summed E-state index contributed by atoms with van der Waals surface area (Å²) in [7, 11) is 1.33. The lowest BCUT2D eigenvalue weighted by molar-refractivity contribution is 0.138. The van der Waals surface area contributed by atoms with Crippen LogP contribution in [0.1, 0.15) is 12.2 Å². The van der Waals surface area contributed by atoms with Crippen molar-refractivity contribution in [1.29, 1.82) is 0 Å². The summed E-state index contributed by atoms with van der Waals surface area (Å²) in [4.78, 5) is 1.59. The first-order valence-electron chi connectivity index (χ1n) is 8.50. The molecule has 0 bridgehead atoms. The first-order valence-corrected chi connectivity index (χ1v) is 9.94. The highest BCUT2D eigenvalue weighted by Crippen LogP contribution is 2.37. The number of benzene rings is 1. The third-order valence-corrected chi connectivity index (χ3v) is 6.86. The number of ether oxygens (including phenoxy) is 1. The third kappa shape index (κ3) is 3.47. The Kier molecular flexibility index (Phi) is 5.56. The Hall–Kier alpha value is -1.95. The number of nitrogens with zero attached hydrogens (tertiary/aromatic N) is 6. The minimum absolute atomic E-state index is 0.129. The van der Waals surface area contributed by atoms with Gasteiger partial charge in [-0.3, -0.25) is 4.90 Å². The van der Waals surface area contributed by atoms with Crippen molar-refractivity contribution >= 4 is 10.0 Å². The van der Waals surface area contributed by atoms with E-state index in [0.717, 1.165) is 6.07 Å². The van der Waals surface area contributed by atoms with Crippen molar-refractivity contribution in [3.05, 3.63) is 35.9 Å². The van der Waals surface area contributed by atoms with E-state index in [4.69, 9.17) is 4.74 Å². The van der Waals surface area contributed by atoms with Crippen molar-refractivity contribution in [2.45, 2.75) is 23.4 Å². The van der Waals surface area contributed by atoms with Crippen molar-refractivity contribution in [1.82, 2.24) is 29.4 Å². The van der Waals surface area contributed by atoms with Crippen LogP contribution < -0.4 is 0 Å².